The fourth-order valence-electron chi connectivity index (χ4n) is 5.09. The summed E-state index contributed by atoms with van der Waals surface area (Å²) >= 11 is 0. The molecule has 1 amide bonds. The molecule has 3 heterocycles. The molecule has 1 fully saturated rings. The van der Waals surface area contributed by atoms with Crippen molar-refractivity contribution in [3.63, 3.8) is 0 Å². The minimum Gasteiger partial charge on any atom is -0.444 e. The van der Waals surface area contributed by atoms with Crippen LogP contribution in [0.2, 0.25) is 0 Å². The molecule has 210 valence electrons. The van der Waals surface area contributed by atoms with Crippen molar-refractivity contribution >= 4 is 27.9 Å². The number of aryl methyl sites for hydroxylation is 1. The second kappa shape index (κ2) is 9.98. The minimum absolute atomic E-state index is 0.00790. The van der Waals surface area contributed by atoms with Gasteiger partial charge in [0.05, 0.1) is 0 Å². The number of nitrogens with one attached hydrogen (secondary N) is 2. The number of nitrogens with zero attached hydrogens (tertiary/aromatic N) is 3. The molecule has 39 heavy (non-hydrogen) atoms. The van der Waals surface area contributed by atoms with E-state index < -0.39 is 37.8 Å². The first-order valence-corrected chi connectivity index (χ1v) is 14.1. The van der Waals surface area contributed by atoms with Gasteiger partial charge < -0.3 is 10.1 Å². The predicted molar refractivity (Wildman–Crippen MR) is 144 cm³/mol. The number of carbonyl (C=O) groups is 2. The first-order chi connectivity index (χ1) is 18.1. The molecule has 2 atom stereocenters. The SMILES string of the molecule is Cc1ccc(C(=O)Cc2ccc(F)c([C@@]3(C)N=C(NC(=O)OC(C)(C)C)N(C)S(=O)(=O)[C@]34CCNC4)c2)nc1. The molecule has 2 aliphatic heterocycles. The molecule has 0 unspecified atom stereocenters. The lowest BCUT2D eigenvalue weighted by molar-refractivity contribution is 0.0558. The van der Waals surface area contributed by atoms with Gasteiger partial charge in [0.15, 0.2) is 5.78 Å². The van der Waals surface area contributed by atoms with Crippen LogP contribution in [0.15, 0.2) is 41.5 Å². The number of amides is 1. The van der Waals surface area contributed by atoms with Crippen molar-refractivity contribution < 1.29 is 27.1 Å². The molecule has 0 radical (unpaired) electrons. The first-order valence-electron chi connectivity index (χ1n) is 12.6. The van der Waals surface area contributed by atoms with Crippen LogP contribution in [0.4, 0.5) is 9.18 Å². The first kappa shape index (κ1) is 28.6. The highest BCUT2D eigenvalue weighted by Gasteiger charge is 2.65. The summed E-state index contributed by atoms with van der Waals surface area (Å²) in [5.74, 6) is -1.22. The highest BCUT2D eigenvalue weighted by atomic mass is 32.2. The zero-order valence-electron chi connectivity index (χ0n) is 23.0. The molecule has 1 aromatic heterocycles. The third-order valence-electron chi connectivity index (χ3n) is 7.22. The third-order valence-corrected chi connectivity index (χ3v) is 9.84. The number of carbonyl (C=O) groups excluding carboxylic acids is 2. The number of halogens is 1. The molecular formula is C27H34FN5O5S. The molecule has 0 saturated carbocycles. The second-order valence-corrected chi connectivity index (χ2v) is 13.4. The van der Waals surface area contributed by atoms with Crippen LogP contribution in [0.25, 0.3) is 0 Å². The number of benzene rings is 1. The Hall–Kier alpha value is -3.38. The third kappa shape index (κ3) is 5.14. The quantitative estimate of drug-likeness (QED) is 0.551. The van der Waals surface area contributed by atoms with Gasteiger partial charge in [0.1, 0.15) is 27.4 Å². The molecule has 2 N–H and O–H groups in total. The van der Waals surface area contributed by atoms with Crippen molar-refractivity contribution in [3.05, 3.63) is 64.7 Å². The standard InChI is InChI=1S/C27H34FN5O5S/c1-17-7-10-21(30-15-17)22(34)14-18-8-9-20(28)19(13-18)26(5)27(11-12-29-16-27)39(36,37)33(6)23(32-26)31-24(35)38-25(2,3)4/h7-10,13,15,29H,11-12,14,16H2,1-6H3,(H,31,32,35)/t26-,27+/m1/s1. The topological polar surface area (TPSA) is 130 Å². The van der Waals surface area contributed by atoms with Crippen molar-refractivity contribution in [1.29, 1.82) is 0 Å². The largest absolute Gasteiger partial charge is 0.444 e. The van der Waals surface area contributed by atoms with Gasteiger partial charge in [-0.1, -0.05) is 12.1 Å². The van der Waals surface area contributed by atoms with Crippen LogP contribution < -0.4 is 10.6 Å². The molecule has 10 nitrogen and oxygen atoms in total. The van der Waals surface area contributed by atoms with Gasteiger partial charge in [-0.15, -0.1) is 0 Å². The van der Waals surface area contributed by atoms with Crippen LogP contribution in [0.3, 0.4) is 0 Å². The van der Waals surface area contributed by atoms with Gasteiger partial charge in [0, 0.05) is 31.8 Å². The fourth-order valence-corrected chi connectivity index (χ4v) is 7.23. The minimum atomic E-state index is -4.17. The highest BCUT2D eigenvalue weighted by Crippen LogP contribution is 2.50. The van der Waals surface area contributed by atoms with E-state index in [2.05, 4.69) is 20.6 Å². The average molecular weight is 560 g/mol. The molecule has 0 aliphatic carbocycles. The Morgan fingerprint density at radius 2 is 1.95 bits per heavy atom. The van der Waals surface area contributed by atoms with Gasteiger partial charge in [-0.2, -0.15) is 0 Å². The van der Waals surface area contributed by atoms with Crippen LogP contribution in [0.5, 0.6) is 0 Å². The molecule has 12 heteroatoms. The summed E-state index contributed by atoms with van der Waals surface area (Å²) in [7, 11) is -2.87. The summed E-state index contributed by atoms with van der Waals surface area (Å²) in [5.41, 5.74) is -0.815. The van der Waals surface area contributed by atoms with Gasteiger partial charge >= 0.3 is 6.09 Å². The summed E-state index contributed by atoms with van der Waals surface area (Å²) < 4.78 is 48.3. The van der Waals surface area contributed by atoms with E-state index in [1.165, 1.54) is 25.2 Å². The van der Waals surface area contributed by atoms with E-state index >= 15 is 4.39 Å². The van der Waals surface area contributed by atoms with Crippen LogP contribution in [0.1, 0.15) is 61.3 Å². The number of aliphatic imine (C=N–C) groups is 1. The fraction of sp³-hybridized carbons (Fsp3) is 0.481. The Labute approximate surface area is 228 Å². The van der Waals surface area contributed by atoms with Crippen molar-refractivity contribution in [2.75, 3.05) is 20.1 Å². The second-order valence-electron chi connectivity index (χ2n) is 11.2. The highest BCUT2D eigenvalue weighted by molar-refractivity contribution is 7.91. The van der Waals surface area contributed by atoms with Gasteiger partial charge in [0.25, 0.3) is 0 Å². The zero-order valence-corrected chi connectivity index (χ0v) is 23.8. The van der Waals surface area contributed by atoms with E-state index in [0.717, 1.165) is 9.87 Å². The molecule has 1 aromatic carbocycles. The number of pyridine rings is 1. The Kier molecular flexibility index (Phi) is 7.32. The number of sulfonamides is 1. The lowest BCUT2D eigenvalue weighted by Crippen LogP contribution is -2.66. The van der Waals surface area contributed by atoms with Crippen LogP contribution in [0, 0.1) is 12.7 Å². The van der Waals surface area contributed by atoms with E-state index in [9.17, 15) is 18.0 Å². The molecule has 0 bridgehead atoms. The number of ether oxygens (including phenoxy) is 1. The number of guanidine groups is 1. The Bertz CT molecular complexity index is 1430. The van der Waals surface area contributed by atoms with Crippen molar-refractivity contribution in [3.8, 4) is 0 Å². The zero-order chi connectivity index (χ0) is 28.8. The maximum absolute atomic E-state index is 15.6. The van der Waals surface area contributed by atoms with Gasteiger partial charge in [0.2, 0.25) is 16.0 Å². The van der Waals surface area contributed by atoms with Crippen molar-refractivity contribution in [2.24, 2.45) is 4.99 Å². The van der Waals surface area contributed by atoms with Crippen molar-refractivity contribution in [2.45, 2.75) is 63.3 Å². The number of aromatic nitrogens is 1. The number of ketones is 1. The van der Waals surface area contributed by atoms with E-state index in [4.69, 9.17) is 4.74 Å². The molecule has 1 spiro atoms. The van der Waals surface area contributed by atoms with Crippen LogP contribution in [-0.2, 0) is 26.7 Å². The van der Waals surface area contributed by atoms with E-state index in [-0.39, 0.29) is 42.4 Å². The van der Waals surface area contributed by atoms with E-state index in [1.54, 1.807) is 46.0 Å². The molecule has 2 aromatic rings. The van der Waals surface area contributed by atoms with Crippen LogP contribution >= 0.6 is 0 Å². The lowest BCUT2D eigenvalue weighted by Gasteiger charge is -2.49. The normalized spacial score (nSPS) is 24.4. The Morgan fingerprint density at radius 1 is 1.23 bits per heavy atom. The van der Waals surface area contributed by atoms with Gasteiger partial charge in [-0.25, -0.2) is 26.9 Å². The maximum atomic E-state index is 15.6. The molecular weight excluding hydrogens is 525 g/mol. The number of alkyl carbamates (subject to hydrolysis) is 1. The predicted octanol–water partition coefficient (Wildman–Crippen LogP) is 3.06. The number of rotatable bonds is 4. The summed E-state index contributed by atoms with van der Waals surface area (Å²) in [5, 5.41) is 5.53. The summed E-state index contributed by atoms with van der Waals surface area (Å²) in [6.07, 6.45) is 0.800. The number of hydrogen-bond donors (Lipinski definition) is 2. The monoisotopic (exact) mass is 559 g/mol. The van der Waals surface area contributed by atoms with Crippen LogP contribution in [-0.4, -0.2) is 66.0 Å². The number of hydrogen-bond acceptors (Lipinski definition) is 8. The summed E-state index contributed by atoms with van der Waals surface area (Å²) in [6, 6.07) is 7.59. The Balaban J connectivity index is 1.81. The van der Waals surface area contributed by atoms with Gasteiger partial charge in [-0.3, -0.25) is 15.1 Å². The molecule has 2 aliphatic rings. The molecule has 4 rings (SSSR count). The smallest absolute Gasteiger partial charge is 0.414 e. The van der Waals surface area contributed by atoms with Gasteiger partial charge in [-0.05, 0) is 76.9 Å². The van der Waals surface area contributed by atoms with E-state index in [1.807, 2.05) is 6.92 Å². The Morgan fingerprint density at radius 3 is 2.54 bits per heavy atom. The van der Waals surface area contributed by atoms with E-state index in [0.29, 0.717) is 12.1 Å². The van der Waals surface area contributed by atoms with Crippen molar-refractivity contribution in [1.82, 2.24) is 19.9 Å². The summed E-state index contributed by atoms with van der Waals surface area (Å²) in [4.78, 5) is 34.3. The maximum Gasteiger partial charge on any atom is 0.414 e. The number of Topliss-reactive ketones (excluding diaryl/α,β-unsaturated/α-hetero) is 1. The lowest BCUT2D eigenvalue weighted by atomic mass is 9.77. The molecule has 1 saturated heterocycles. The average Bonchev–Trinajstić information content (AvgIpc) is 3.35. The summed E-state index contributed by atoms with van der Waals surface area (Å²) in [6.45, 7) is 8.84.